The van der Waals surface area contributed by atoms with Crippen LogP contribution >= 0.6 is 0 Å². The molecule has 1 rings (SSSR count). The van der Waals surface area contributed by atoms with Gasteiger partial charge < -0.3 is 4.90 Å². The van der Waals surface area contributed by atoms with E-state index in [4.69, 9.17) is 14.0 Å². The fourth-order valence-corrected chi connectivity index (χ4v) is 1.93. The average molecular weight is 316 g/mol. The van der Waals surface area contributed by atoms with E-state index in [9.17, 15) is 0 Å². The second-order valence-corrected chi connectivity index (χ2v) is 3.93. The van der Waals surface area contributed by atoms with Crippen molar-refractivity contribution in [2.45, 2.75) is 20.3 Å². The molecule has 20 heavy (non-hydrogen) atoms. The molecular weight excluding hydrogens is 297 g/mol. The van der Waals surface area contributed by atoms with Crippen molar-refractivity contribution in [1.82, 2.24) is 4.90 Å². The molecule has 1 atom stereocenters. The summed E-state index contributed by atoms with van der Waals surface area (Å²) < 4.78 is 22.5. The van der Waals surface area contributed by atoms with Crippen molar-refractivity contribution in [3.8, 4) is 0 Å². The Kier molecular flexibility index (Phi) is 27.3. The molecule has 0 amide bonds. The minimum absolute atomic E-state index is 0. The number of rotatable bonds is 2. The first-order valence-electron chi connectivity index (χ1n) is 5.42. The van der Waals surface area contributed by atoms with Gasteiger partial charge in [0, 0.05) is 42.8 Å². The third-order valence-corrected chi connectivity index (χ3v) is 2.33. The van der Waals surface area contributed by atoms with Crippen LogP contribution in [0.2, 0.25) is 0 Å². The number of allylic oxidation sites excluding steroid dienone is 5. The molecule has 0 aliphatic heterocycles. The van der Waals surface area contributed by atoms with Crippen molar-refractivity contribution in [2.75, 3.05) is 14.1 Å². The van der Waals surface area contributed by atoms with E-state index in [1.807, 2.05) is 0 Å². The Morgan fingerprint density at radius 2 is 1.45 bits per heavy atom. The first kappa shape index (κ1) is 27.2. The molecule has 0 saturated carbocycles. The van der Waals surface area contributed by atoms with Gasteiger partial charge in [0.1, 0.15) is 0 Å². The summed E-state index contributed by atoms with van der Waals surface area (Å²) in [5.41, 5.74) is 2.86. The minimum Gasteiger partial charge on any atom is 0 e. The first-order chi connectivity index (χ1) is 9.13. The molecule has 0 spiro atoms. The van der Waals surface area contributed by atoms with Gasteiger partial charge in [-0.2, -0.15) is 0 Å². The second-order valence-electron chi connectivity index (χ2n) is 3.93. The van der Waals surface area contributed by atoms with E-state index in [1.54, 1.807) is 0 Å². The maximum Gasteiger partial charge on any atom is 0 e. The van der Waals surface area contributed by atoms with Crippen LogP contribution in [-0.2, 0) is 31.0 Å². The van der Waals surface area contributed by atoms with Crippen molar-refractivity contribution in [3.05, 3.63) is 55.5 Å². The zero-order valence-corrected chi connectivity index (χ0v) is 13.3. The quantitative estimate of drug-likeness (QED) is 0.439. The van der Waals surface area contributed by atoms with E-state index >= 15 is 0 Å². The zero-order valence-electron chi connectivity index (χ0n) is 12.1. The number of hydrogen-bond acceptors (Lipinski definition) is 1. The van der Waals surface area contributed by atoms with Gasteiger partial charge in [0.15, 0.2) is 0 Å². The first-order valence-corrected chi connectivity index (χ1v) is 5.42. The molecule has 0 bridgehead atoms. The van der Waals surface area contributed by atoms with Crippen LogP contribution in [0.25, 0.3) is 0 Å². The van der Waals surface area contributed by atoms with Crippen molar-refractivity contribution < 1.29 is 31.0 Å². The van der Waals surface area contributed by atoms with Crippen LogP contribution in [0.4, 0.5) is 0 Å². The number of hydrogen-bond donors (Lipinski definition) is 0. The normalized spacial score (nSPS) is 13.4. The molecule has 109 valence electrons. The standard InChI is InChI=1S/C12H19N.3CO.Mn/c1-10(2)12(13(3)4)11-8-6-5-7-9-11;3*1-2;/h5-8,11H,9H2,1-4H3;;;;. The average Bonchev–Trinajstić information content (AvgIpc) is 2.46. The van der Waals surface area contributed by atoms with Gasteiger partial charge in [-0.25, -0.2) is 0 Å². The molecule has 1 aliphatic carbocycles. The summed E-state index contributed by atoms with van der Waals surface area (Å²) in [6.45, 7) is 17.9. The Bertz CT molecular complexity index is 358. The second kappa shape index (κ2) is 20.1. The largest absolute Gasteiger partial charge is 0 e. The van der Waals surface area contributed by atoms with Crippen molar-refractivity contribution >= 4 is 0 Å². The van der Waals surface area contributed by atoms with E-state index in [2.05, 4.69) is 77.1 Å². The van der Waals surface area contributed by atoms with Crippen LogP contribution in [0.1, 0.15) is 20.3 Å². The summed E-state index contributed by atoms with van der Waals surface area (Å²) in [4.78, 5) is 2.23. The maximum absolute atomic E-state index is 7.50. The van der Waals surface area contributed by atoms with Crippen molar-refractivity contribution in [3.63, 3.8) is 0 Å². The third kappa shape index (κ3) is 11.8. The molecule has 0 saturated heterocycles. The van der Waals surface area contributed by atoms with E-state index in [-0.39, 0.29) is 17.1 Å². The van der Waals surface area contributed by atoms with Gasteiger partial charge in [-0.05, 0) is 20.3 Å². The molecule has 1 radical (unpaired) electrons. The molecule has 0 heterocycles. The summed E-state index contributed by atoms with van der Waals surface area (Å²) in [7, 11) is 4.24. The Balaban J connectivity index is -0.000000162. The summed E-state index contributed by atoms with van der Waals surface area (Å²) in [5.74, 6) is 0.574. The molecular formula is C15H19MnNO3. The molecule has 1 aliphatic rings. The smallest absolute Gasteiger partial charge is 0 e. The van der Waals surface area contributed by atoms with Gasteiger partial charge in [0.25, 0.3) is 0 Å². The fraction of sp³-hybridized carbons (Fsp3) is 0.400. The minimum atomic E-state index is 0. The summed E-state index contributed by atoms with van der Waals surface area (Å²) in [6.07, 6.45) is 9.91. The van der Waals surface area contributed by atoms with E-state index in [0.717, 1.165) is 6.42 Å². The van der Waals surface area contributed by atoms with Crippen LogP contribution in [0, 0.1) is 25.9 Å². The molecule has 1 unspecified atom stereocenters. The van der Waals surface area contributed by atoms with E-state index in [0.29, 0.717) is 5.92 Å². The Morgan fingerprint density at radius 3 is 1.70 bits per heavy atom. The van der Waals surface area contributed by atoms with Gasteiger partial charge in [0.05, 0.1) is 0 Å². The SMILES string of the molecule is CC(C)=C(C1C=CC=CC1)N(C)C.[C-]#[O+].[C-]#[O+].[C-]#[O+].[Mn]. The molecule has 5 heteroatoms. The molecule has 0 fully saturated rings. The molecule has 0 N–H and O–H groups in total. The summed E-state index contributed by atoms with van der Waals surface area (Å²) in [5, 5.41) is 0. The molecule has 0 aromatic carbocycles. The van der Waals surface area contributed by atoms with Gasteiger partial charge >= 0.3 is 33.9 Å². The van der Waals surface area contributed by atoms with Crippen molar-refractivity contribution in [2.24, 2.45) is 5.92 Å². The molecule has 0 aromatic rings. The Morgan fingerprint density at radius 1 is 1.00 bits per heavy atom. The monoisotopic (exact) mass is 316 g/mol. The van der Waals surface area contributed by atoms with Crippen molar-refractivity contribution in [1.29, 1.82) is 0 Å². The Hall–Kier alpha value is -1.24. The predicted octanol–water partition coefficient (Wildman–Crippen LogP) is 2.86. The van der Waals surface area contributed by atoms with Crippen LogP contribution in [-0.4, -0.2) is 19.0 Å². The molecule has 4 nitrogen and oxygen atoms in total. The van der Waals surface area contributed by atoms with Crippen LogP contribution in [0.15, 0.2) is 35.6 Å². The van der Waals surface area contributed by atoms with Gasteiger partial charge in [-0.3, -0.25) is 0 Å². The zero-order chi connectivity index (χ0) is 15.8. The number of nitrogens with zero attached hydrogens (tertiary/aromatic N) is 1. The molecule has 0 aromatic heterocycles. The van der Waals surface area contributed by atoms with Gasteiger partial charge in [0.2, 0.25) is 0 Å². The third-order valence-electron chi connectivity index (χ3n) is 2.33. The fourth-order valence-electron chi connectivity index (χ4n) is 1.93. The van der Waals surface area contributed by atoms with E-state index in [1.165, 1.54) is 11.3 Å². The maximum atomic E-state index is 7.50. The van der Waals surface area contributed by atoms with E-state index < -0.39 is 0 Å². The van der Waals surface area contributed by atoms with Gasteiger partial charge in [-0.15, -0.1) is 0 Å². The summed E-state index contributed by atoms with van der Waals surface area (Å²) in [6, 6.07) is 0. The summed E-state index contributed by atoms with van der Waals surface area (Å²) >= 11 is 0. The van der Waals surface area contributed by atoms with Crippen LogP contribution in [0.5, 0.6) is 0 Å². The predicted molar refractivity (Wildman–Crippen MR) is 70.2 cm³/mol. The van der Waals surface area contributed by atoms with Crippen LogP contribution in [0.3, 0.4) is 0 Å². The Labute approximate surface area is 132 Å². The van der Waals surface area contributed by atoms with Gasteiger partial charge in [-0.1, -0.05) is 29.9 Å². The topological polar surface area (TPSA) is 62.9 Å². The van der Waals surface area contributed by atoms with Crippen LogP contribution < -0.4 is 0 Å².